The quantitative estimate of drug-likeness (QED) is 0.799. The first-order valence-electron chi connectivity index (χ1n) is 6.93. The molecule has 7 heteroatoms. The molecular formula is C13H21N5O2. The van der Waals surface area contributed by atoms with Crippen LogP contribution in [0.4, 0.5) is 0 Å². The van der Waals surface area contributed by atoms with Gasteiger partial charge in [-0.25, -0.2) is 4.98 Å². The van der Waals surface area contributed by atoms with Gasteiger partial charge in [0.15, 0.2) is 5.82 Å². The molecule has 0 spiro atoms. The van der Waals surface area contributed by atoms with Crippen molar-refractivity contribution in [3.63, 3.8) is 0 Å². The van der Waals surface area contributed by atoms with Crippen LogP contribution in [0.15, 0.2) is 12.4 Å². The summed E-state index contributed by atoms with van der Waals surface area (Å²) < 4.78 is 0. The maximum absolute atomic E-state index is 12.5. The molecule has 0 bridgehead atoms. The standard InChI is InChI=1S/C13H21N5O2/c1-3-17(4-2)12(19)10-7-9(14)8-18(10)13(20)11-15-5-6-16-11/h5-6,9-10H,3-4,7-8,14H2,1-2H3,(H,15,16)/t9-,10+/m1/s1. The fraction of sp³-hybridized carbons (Fsp3) is 0.615. The summed E-state index contributed by atoms with van der Waals surface area (Å²) >= 11 is 0. The number of likely N-dealkylation sites (tertiary alicyclic amines) is 1. The van der Waals surface area contributed by atoms with Crippen LogP contribution in [0.1, 0.15) is 30.9 Å². The summed E-state index contributed by atoms with van der Waals surface area (Å²) in [4.78, 5) is 34.8. The van der Waals surface area contributed by atoms with Crippen molar-refractivity contribution in [1.82, 2.24) is 19.8 Å². The van der Waals surface area contributed by atoms with E-state index in [-0.39, 0.29) is 23.7 Å². The Labute approximate surface area is 118 Å². The van der Waals surface area contributed by atoms with Crippen LogP contribution in [-0.4, -0.2) is 63.3 Å². The molecule has 3 N–H and O–H groups in total. The summed E-state index contributed by atoms with van der Waals surface area (Å²) in [6.45, 7) is 5.49. The molecule has 1 aromatic heterocycles. The summed E-state index contributed by atoms with van der Waals surface area (Å²) in [6.07, 6.45) is 3.61. The highest BCUT2D eigenvalue weighted by Gasteiger charge is 2.40. The number of carbonyl (C=O) groups excluding carboxylic acids is 2. The van der Waals surface area contributed by atoms with Gasteiger partial charge in [-0.05, 0) is 20.3 Å². The molecule has 1 saturated heterocycles. The van der Waals surface area contributed by atoms with Crippen LogP contribution in [0.3, 0.4) is 0 Å². The molecule has 2 heterocycles. The van der Waals surface area contributed by atoms with Gasteiger partial charge in [-0.1, -0.05) is 0 Å². The van der Waals surface area contributed by atoms with Gasteiger partial charge < -0.3 is 20.5 Å². The molecule has 2 rings (SSSR count). The number of nitrogens with one attached hydrogen (secondary N) is 1. The maximum Gasteiger partial charge on any atom is 0.290 e. The third kappa shape index (κ3) is 2.67. The molecule has 1 aromatic rings. The van der Waals surface area contributed by atoms with E-state index in [1.54, 1.807) is 11.1 Å². The molecule has 7 nitrogen and oxygen atoms in total. The van der Waals surface area contributed by atoms with Crippen LogP contribution < -0.4 is 5.73 Å². The van der Waals surface area contributed by atoms with Crippen molar-refractivity contribution in [3.8, 4) is 0 Å². The van der Waals surface area contributed by atoms with E-state index < -0.39 is 6.04 Å². The number of hydrogen-bond acceptors (Lipinski definition) is 4. The molecule has 1 fully saturated rings. The molecule has 2 atom stereocenters. The number of nitrogens with zero attached hydrogens (tertiary/aromatic N) is 3. The van der Waals surface area contributed by atoms with Gasteiger partial charge in [0.1, 0.15) is 6.04 Å². The Hall–Kier alpha value is -1.89. The summed E-state index contributed by atoms with van der Waals surface area (Å²) in [6, 6.07) is -0.652. The summed E-state index contributed by atoms with van der Waals surface area (Å²) in [5.74, 6) is -0.0623. The van der Waals surface area contributed by atoms with Crippen LogP contribution in [0.25, 0.3) is 0 Å². The highest BCUT2D eigenvalue weighted by molar-refractivity contribution is 5.95. The number of imidazole rings is 1. The first-order chi connectivity index (χ1) is 9.58. The minimum atomic E-state index is -0.484. The second-order valence-corrected chi connectivity index (χ2v) is 4.92. The highest BCUT2D eigenvalue weighted by Crippen LogP contribution is 2.20. The lowest BCUT2D eigenvalue weighted by Crippen LogP contribution is -2.48. The van der Waals surface area contributed by atoms with Crippen molar-refractivity contribution in [3.05, 3.63) is 18.2 Å². The van der Waals surface area contributed by atoms with Gasteiger partial charge >= 0.3 is 0 Å². The van der Waals surface area contributed by atoms with Crippen molar-refractivity contribution >= 4 is 11.8 Å². The summed E-state index contributed by atoms with van der Waals surface area (Å²) in [5.41, 5.74) is 5.93. The normalized spacial score (nSPS) is 22.1. The number of rotatable bonds is 4. The van der Waals surface area contributed by atoms with Crippen LogP contribution >= 0.6 is 0 Å². The van der Waals surface area contributed by atoms with Gasteiger partial charge in [-0.15, -0.1) is 0 Å². The fourth-order valence-electron chi connectivity index (χ4n) is 2.59. The predicted molar refractivity (Wildman–Crippen MR) is 73.9 cm³/mol. The molecule has 0 radical (unpaired) electrons. The van der Waals surface area contributed by atoms with E-state index in [4.69, 9.17) is 5.73 Å². The number of aromatic nitrogens is 2. The maximum atomic E-state index is 12.5. The first-order valence-corrected chi connectivity index (χ1v) is 6.93. The van der Waals surface area contributed by atoms with Crippen molar-refractivity contribution in [2.24, 2.45) is 5.73 Å². The van der Waals surface area contributed by atoms with E-state index in [9.17, 15) is 9.59 Å². The molecule has 110 valence electrons. The van der Waals surface area contributed by atoms with Crippen LogP contribution in [-0.2, 0) is 4.79 Å². The molecule has 2 amide bonds. The van der Waals surface area contributed by atoms with Gasteiger partial charge in [0.05, 0.1) is 0 Å². The van der Waals surface area contributed by atoms with E-state index in [0.717, 1.165) is 0 Å². The Bertz CT molecular complexity index is 469. The number of aromatic amines is 1. The van der Waals surface area contributed by atoms with Gasteiger partial charge in [0, 0.05) is 38.1 Å². The second kappa shape index (κ2) is 6.04. The van der Waals surface area contributed by atoms with Gasteiger partial charge in [0.2, 0.25) is 5.91 Å². The van der Waals surface area contributed by atoms with Gasteiger partial charge in [0.25, 0.3) is 5.91 Å². The van der Waals surface area contributed by atoms with Crippen LogP contribution in [0, 0.1) is 0 Å². The number of nitrogens with two attached hydrogens (primary N) is 1. The van der Waals surface area contributed by atoms with E-state index in [0.29, 0.717) is 26.1 Å². The molecule has 1 aliphatic heterocycles. The lowest BCUT2D eigenvalue weighted by atomic mass is 10.1. The zero-order valence-corrected chi connectivity index (χ0v) is 11.9. The average Bonchev–Trinajstić information content (AvgIpc) is 3.08. The predicted octanol–water partition coefficient (Wildman–Crippen LogP) is -0.180. The molecule has 20 heavy (non-hydrogen) atoms. The van der Waals surface area contributed by atoms with Gasteiger partial charge in [-0.3, -0.25) is 9.59 Å². The third-order valence-electron chi connectivity index (χ3n) is 3.66. The zero-order chi connectivity index (χ0) is 14.7. The van der Waals surface area contributed by atoms with Crippen molar-refractivity contribution in [2.75, 3.05) is 19.6 Å². The molecule has 1 aliphatic rings. The SMILES string of the molecule is CCN(CC)C(=O)[C@@H]1C[C@@H](N)CN1C(=O)c1ncc[nH]1. The molecule has 0 unspecified atom stereocenters. The lowest BCUT2D eigenvalue weighted by molar-refractivity contribution is -0.134. The Kier molecular flexibility index (Phi) is 4.39. The monoisotopic (exact) mass is 279 g/mol. The minimum Gasteiger partial charge on any atom is -0.341 e. The third-order valence-corrected chi connectivity index (χ3v) is 3.66. The molecule has 0 saturated carbocycles. The summed E-state index contributed by atoms with van der Waals surface area (Å²) in [5, 5.41) is 0. The van der Waals surface area contributed by atoms with Crippen molar-refractivity contribution in [1.29, 1.82) is 0 Å². The van der Waals surface area contributed by atoms with Gasteiger partial charge in [-0.2, -0.15) is 0 Å². The van der Waals surface area contributed by atoms with Crippen molar-refractivity contribution < 1.29 is 9.59 Å². The van der Waals surface area contributed by atoms with E-state index in [1.807, 2.05) is 13.8 Å². The van der Waals surface area contributed by atoms with E-state index in [1.165, 1.54) is 11.1 Å². The van der Waals surface area contributed by atoms with E-state index in [2.05, 4.69) is 9.97 Å². The van der Waals surface area contributed by atoms with Crippen molar-refractivity contribution in [2.45, 2.75) is 32.4 Å². The fourth-order valence-corrected chi connectivity index (χ4v) is 2.59. The Morgan fingerprint density at radius 3 is 2.75 bits per heavy atom. The Morgan fingerprint density at radius 2 is 2.20 bits per heavy atom. The van der Waals surface area contributed by atoms with Crippen LogP contribution in [0.2, 0.25) is 0 Å². The molecule has 0 aromatic carbocycles. The summed E-state index contributed by atoms with van der Waals surface area (Å²) in [7, 11) is 0. The Balaban J connectivity index is 2.18. The molecular weight excluding hydrogens is 258 g/mol. The van der Waals surface area contributed by atoms with E-state index >= 15 is 0 Å². The Morgan fingerprint density at radius 1 is 1.50 bits per heavy atom. The number of amides is 2. The lowest BCUT2D eigenvalue weighted by Gasteiger charge is -2.28. The highest BCUT2D eigenvalue weighted by atomic mass is 16.2. The largest absolute Gasteiger partial charge is 0.341 e. The topological polar surface area (TPSA) is 95.3 Å². The smallest absolute Gasteiger partial charge is 0.290 e. The van der Waals surface area contributed by atoms with Crippen LogP contribution in [0.5, 0.6) is 0 Å². The minimum absolute atomic E-state index is 0.0390. The number of hydrogen-bond donors (Lipinski definition) is 2. The first kappa shape index (κ1) is 14.5. The average molecular weight is 279 g/mol. The molecule has 0 aliphatic carbocycles. The number of carbonyl (C=O) groups is 2. The second-order valence-electron chi connectivity index (χ2n) is 4.92. The zero-order valence-electron chi connectivity index (χ0n) is 11.9. The number of likely N-dealkylation sites (N-methyl/N-ethyl adjacent to an activating group) is 1. The number of H-pyrrole nitrogens is 1.